The number of aromatic nitrogens is 1. The highest BCUT2D eigenvalue weighted by atomic mass is 16.5. The molecule has 0 radical (unpaired) electrons. The second-order valence-corrected chi connectivity index (χ2v) is 7.05. The molecule has 2 N–H and O–H groups in total. The number of nitrogens with zero attached hydrogens (tertiary/aromatic N) is 3. The van der Waals surface area contributed by atoms with Crippen LogP contribution in [0.5, 0.6) is 17.4 Å². The molecule has 0 bridgehead atoms. The van der Waals surface area contributed by atoms with Crippen LogP contribution in [0.1, 0.15) is 18.9 Å². The van der Waals surface area contributed by atoms with Crippen LogP contribution in [0.3, 0.4) is 0 Å². The maximum absolute atomic E-state index is 5.41. The van der Waals surface area contributed by atoms with Crippen molar-refractivity contribution in [1.29, 1.82) is 0 Å². The number of hydrogen-bond acceptors (Lipinski definition) is 6. The number of anilines is 1. The topological polar surface area (TPSA) is 80.2 Å². The van der Waals surface area contributed by atoms with Crippen LogP contribution in [0.2, 0.25) is 0 Å². The van der Waals surface area contributed by atoms with Crippen LogP contribution < -0.4 is 29.7 Å². The molecule has 1 aromatic carbocycles. The maximum Gasteiger partial charge on any atom is 0.213 e. The van der Waals surface area contributed by atoms with Crippen molar-refractivity contribution < 1.29 is 14.2 Å². The first-order chi connectivity index (χ1) is 14.6. The normalized spacial score (nSPS) is 16.3. The number of pyridine rings is 1. The summed E-state index contributed by atoms with van der Waals surface area (Å²) in [6, 6.07) is 10.1. The lowest BCUT2D eigenvalue weighted by molar-refractivity contribution is 0.394. The van der Waals surface area contributed by atoms with Gasteiger partial charge in [0.2, 0.25) is 5.88 Å². The number of methoxy groups -OCH3 is 3. The van der Waals surface area contributed by atoms with Crippen molar-refractivity contribution in [1.82, 2.24) is 15.6 Å². The Labute approximate surface area is 178 Å². The molecule has 1 fully saturated rings. The molecule has 8 heteroatoms. The third-order valence-corrected chi connectivity index (χ3v) is 5.00. The zero-order valence-corrected chi connectivity index (χ0v) is 18.1. The number of aliphatic imine (C=N–C) groups is 1. The fraction of sp³-hybridized carbons (Fsp3) is 0.455. The number of benzene rings is 1. The molecule has 1 aromatic heterocycles. The van der Waals surface area contributed by atoms with Gasteiger partial charge < -0.3 is 29.7 Å². The van der Waals surface area contributed by atoms with E-state index >= 15 is 0 Å². The van der Waals surface area contributed by atoms with Gasteiger partial charge in [-0.25, -0.2) is 9.98 Å². The molecule has 1 saturated heterocycles. The average molecular weight is 414 g/mol. The van der Waals surface area contributed by atoms with E-state index in [-0.39, 0.29) is 0 Å². The summed E-state index contributed by atoms with van der Waals surface area (Å²) in [6.07, 6.45) is 2.76. The molecule has 162 valence electrons. The molecule has 0 amide bonds. The summed E-state index contributed by atoms with van der Waals surface area (Å²) in [7, 11) is 4.96. The van der Waals surface area contributed by atoms with Crippen molar-refractivity contribution in [2.24, 2.45) is 4.99 Å². The molecule has 0 spiro atoms. The summed E-state index contributed by atoms with van der Waals surface area (Å²) in [5, 5.41) is 6.89. The molecule has 3 rings (SSSR count). The summed E-state index contributed by atoms with van der Waals surface area (Å²) in [4.78, 5) is 11.2. The Balaban J connectivity index is 1.64. The molecular weight excluding hydrogens is 382 g/mol. The van der Waals surface area contributed by atoms with E-state index in [1.165, 1.54) is 0 Å². The van der Waals surface area contributed by atoms with Crippen LogP contribution in [-0.2, 0) is 6.54 Å². The number of guanidine groups is 1. The molecule has 30 heavy (non-hydrogen) atoms. The van der Waals surface area contributed by atoms with Crippen LogP contribution in [0.15, 0.2) is 41.5 Å². The molecule has 0 aliphatic carbocycles. The lowest BCUT2D eigenvalue weighted by atomic mass is 10.2. The zero-order chi connectivity index (χ0) is 21.3. The predicted octanol–water partition coefficient (Wildman–Crippen LogP) is 2.44. The number of ether oxygens (including phenoxy) is 3. The number of rotatable bonds is 8. The van der Waals surface area contributed by atoms with Crippen molar-refractivity contribution in [2.45, 2.75) is 25.9 Å². The molecule has 0 saturated carbocycles. The van der Waals surface area contributed by atoms with E-state index in [0.717, 1.165) is 54.8 Å². The van der Waals surface area contributed by atoms with Crippen molar-refractivity contribution in [3.63, 3.8) is 0 Å². The van der Waals surface area contributed by atoms with E-state index in [1.54, 1.807) is 27.5 Å². The predicted molar refractivity (Wildman–Crippen MR) is 119 cm³/mol. The zero-order valence-electron chi connectivity index (χ0n) is 18.1. The number of nitrogens with one attached hydrogen (secondary N) is 2. The van der Waals surface area contributed by atoms with E-state index < -0.39 is 0 Å². The highest BCUT2D eigenvalue weighted by molar-refractivity contribution is 5.80. The summed E-state index contributed by atoms with van der Waals surface area (Å²) >= 11 is 0. The highest BCUT2D eigenvalue weighted by Crippen LogP contribution is 2.30. The standard InChI is InChI=1S/C22H31N5O3/c1-5-23-22(25-14-16-6-8-24-21(10-16)30-4)26-17-7-9-27(15-17)18-11-19(28-2)13-20(12-18)29-3/h6,8,10-13,17H,5,7,9,14-15H2,1-4H3,(H2,23,25,26). The Morgan fingerprint density at radius 1 is 1.13 bits per heavy atom. The van der Waals surface area contributed by atoms with Crippen molar-refractivity contribution in [2.75, 3.05) is 45.9 Å². The van der Waals surface area contributed by atoms with Crippen molar-refractivity contribution in [3.8, 4) is 17.4 Å². The minimum Gasteiger partial charge on any atom is -0.497 e. The molecule has 1 unspecified atom stereocenters. The van der Waals surface area contributed by atoms with Crippen LogP contribution >= 0.6 is 0 Å². The Morgan fingerprint density at radius 3 is 2.57 bits per heavy atom. The quantitative estimate of drug-likeness (QED) is 0.508. The molecule has 2 aromatic rings. The van der Waals surface area contributed by atoms with E-state index in [9.17, 15) is 0 Å². The van der Waals surface area contributed by atoms with Gasteiger partial charge in [0.25, 0.3) is 0 Å². The fourth-order valence-corrected chi connectivity index (χ4v) is 3.43. The van der Waals surface area contributed by atoms with Gasteiger partial charge in [0.1, 0.15) is 11.5 Å². The van der Waals surface area contributed by atoms with Gasteiger partial charge in [0, 0.05) is 61.8 Å². The summed E-state index contributed by atoms with van der Waals surface area (Å²) in [5.74, 6) is 3.00. The van der Waals surface area contributed by atoms with E-state index in [0.29, 0.717) is 18.5 Å². The SMILES string of the molecule is CCNC(=NCc1ccnc(OC)c1)NC1CCN(c2cc(OC)cc(OC)c2)C1. The average Bonchev–Trinajstić information content (AvgIpc) is 3.26. The summed E-state index contributed by atoms with van der Waals surface area (Å²) < 4.78 is 16.0. The van der Waals surface area contributed by atoms with Crippen LogP contribution in [0.4, 0.5) is 5.69 Å². The van der Waals surface area contributed by atoms with Gasteiger partial charge in [-0.3, -0.25) is 0 Å². The van der Waals surface area contributed by atoms with E-state index in [1.807, 2.05) is 30.3 Å². The lowest BCUT2D eigenvalue weighted by Crippen LogP contribution is -2.44. The van der Waals surface area contributed by atoms with Crippen molar-refractivity contribution in [3.05, 3.63) is 42.1 Å². The van der Waals surface area contributed by atoms with Gasteiger partial charge in [-0.1, -0.05) is 0 Å². The first-order valence-electron chi connectivity index (χ1n) is 10.2. The minimum absolute atomic E-state index is 0.298. The molecule has 1 atom stereocenters. The van der Waals surface area contributed by atoms with Gasteiger partial charge in [0.15, 0.2) is 5.96 Å². The lowest BCUT2D eigenvalue weighted by Gasteiger charge is -2.21. The third kappa shape index (κ3) is 5.68. The third-order valence-electron chi connectivity index (χ3n) is 5.00. The van der Waals surface area contributed by atoms with Gasteiger partial charge in [-0.05, 0) is 25.0 Å². The molecule has 1 aliphatic heterocycles. The minimum atomic E-state index is 0.298. The fourth-order valence-electron chi connectivity index (χ4n) is 3.43. The van der Waals surface area contributed by atoms with Crippen molar-refractivity contribution >= 4 is 11.6 Å². The molecule has 1 aliphatic rings. The first kappa shape index (κ1) is 21.5. The Morgan fingerprint density at radius 2 is 1.90 bits per heavy atom. The Hall–Kier alpha value is -3.16. The monoisotopic (exact) mass is 413 g/mol. The van der Waals surface area contributed by atoms with Crippen LogP contribution in [0, 0.1) is 0 Å². The van der Waals surface area contributed by atoms with Crippen LogP contribution in [-0.4, -0.2) is 57.9 Å². The van der Waals surface area contributed by atoms with Gasteiger partial charge >= 0.3 is 0 Å². The van der Waals surface area contributed by atoms with E-state index in [2.05, 4.69) is 27.4 Å². The van der Waals surface area contributed by atoms with Gasteiger partial charge in [-0.2, -0.15) is 0 Å². The highest BCUT2D eigenvalue weighted by Gasteiger charge is 2.24. The van der Waals surface area contributed by atoms with Gasteiger partial charge in [-0.15, -0.1) is 0 Å². The second kappa shape index (κ2) is 10.6. The van der Waals surface area contributed by atoms with E-state index in [4.69, 9.17) is 19.2 Å². The molecular formula is C22H31N5O3. The Bertz CT molecular complexity index is 836. The molecule has 8 nitrogen and oxygen atoms in total. The number of hydrogen-bond donors (Lipinski definition) is 2. The largest absolute Gasteiger partial charge is 0.497 e. The summed E-state index contributed by atoms with van der Waals surface area (Å²) in [5.41, 5.74) is 2.15. The first-order valence-corrected chi connectivity index (χ1v) is 10.2. The van der Waals surface area contributed by atoms with Gasteiger partial charge in [0.05, 0.1) is 27.9 Å². The summed E-state index contributed by atoms with van der Waals surface area (Å²) in [6.45, 7) is 5.25. The maximum atomic E-state index is 5.41. The Kier molecular flexibility index (Phi) is 7.59. The molecule has 2 heterocycles. The van der Waals surface area contributed by atoms with Crippen LogP contribution in [0.25, 0.3) is 0 Å². The smallest absolute Gasteiger partial charge is 0.213 e. The second-order valence-electron chi connectivity index (χ2n) is 7.05.